The normalized spacial score (nSPS) is 11.2. The molecular formula is C23H21N3O3. The molecular weight excluding hydrogens is 366 g/mol. The Morgan fingerprint density at radius 2 is 1.93 bits per heavy atom. The van der Waals surface area contributed by atoms with Crippen LogP contribution in [-0.4, -0.2) is 16.1 Å². The second kappa shape index (κ2) is 8.44. The highest BCUT2D eigenvalue weighted by Gasteiger charge is 2.13. The van der Waals surface area contributed by atoms with Gasteiger partial charge in [0.1, 0.15) is 5.75 Å². The van der Waals surface area contributed by atoms with E-state index in [9.17, 15) is 15.4 Å². The summed E-state index contributed by atoms with van der Waals surface area (Å²) in [5, 5.41) is 20.7. The largest absolute Gasteiger partial charge is 0.494 e. The molecule has 29 heavy (non-hydrogen) atoms. The van der Waals surface area contributed by atoms with E-state index in [0.29, 0.717) is 17.7 Å². The van der Waals surface area contributed by atoms with E-state index < -0.39 is 4.92 Å². The fourth-order valence-electron chi connectivity index (χ4n) is 3.31. The molecule has 0 radical (unpaired) electrons. The third kappa shape index (κ3) is 4.19. The van der Waals surface area contributed by atoms with Gasteiger partial charge in [-0.1, -0.05) is 12.1 Å². The summed E-state index contributed by atoms with van der Waals surface area (Å²) in [4.78, 5) is 10.6. The third-order valence-electron chi connectivity index (χ3n) is 4.66. The van der Waals surface area contributed by atoms with Crippen molar-refractivity contribution in [3.8, 4) is 17.5 Å². The van der Waals surface area contributed by atoms with Crippen LogP contribution in [-0.2, 0) is 0 Å². The molecule has 3 aromatic rings. The zero-order valence-electron chi connectivity index (χ0n) is 16.5. The first kappa shape index (κ1) is 19.9. The van der Waals surface area contributed by atoms with E-state index in [1.165, 1.54) is 12.1 Å². The van der Waals surface area contributed by atoms with Crippen LogP contribution in [0.3, 0.4) is 0 Å². The molecule has 0 amide bonds. The van der Waals surface area contributed by atoms with Gasteiger partial charge in [0, 0.05) is 29.2 Å². The molecule has 6 heteroatoms. The molecule has 0 spiro atoms. The van der Waals surface area contributed by atoms with Crippen LogP contribution in [0, 0.1) is 35.3 Å². The lowest BCUT2D eigenvalue weighted by atomic mass is 10.0. The number of hydrogen-bond acceptors (Lipinski definition) is 4. The minimum absolute atomic E-state index is 0.0384. The first-order valence-electron chi connectivity index (χ1n) is 9.23. The molecule has 3 rings (SSSR count). The van der Waals surface area contributed by atoms with Crippen molar-refractivity contribution < 1.29 is 9.66 Å². The number of allylic oxidation sites excluding steroid dienone is 1. The Labute approximate surface area is 169 Å². The molecule has 0 aliphatic rings. The van der Waals surface area contributed by atoms with E-state index in [4.69, 9.17) is 4.74 Å². The van der Waals surface area contributed by atoms with Crippen molar-refractivity contribution in [3.63, 3.8) is 0 Å². The van der Waals surface area contributed by atoms with Gasteiger partial charge in [-0.05, 0) is 68.3 Å². The first-order chi connectivity index (χ1) is 13.9. The topological polar surface area (TPSA) is 81.1 Å². The highest BCUT2D eigenvalue weighted by atomic mass is 16.6. The van der Waals surface area contributed by atoms with E-state index in [-0.39, 0.29) is 5.69 Å². The van der Waals surface area contributed by atoms with Crippen molar-refractivity contribution in [1.29, 1.82) is 5.26 Å². The molecule has 0 saturated carbocycles. The predicted octanol–water partition coefficient (Wildman–Crippen LogP) is 5.47. The SMILES string of the molecule is CCOc1ccc(-n2c(C)cc(C=C(C#N)c3cccc([N+](=O)[O-])c3)c2C)cc1. The average molecular weight is 387 g/mol. The second-order valence-electron chi connectivity index (χ2n) is 6.57. The summed E-state index contributed by atoms with van der Waals surface area (Å²) < 4.78 is 7.60. The molecule has 0 atom stereocenters. The zero-order chi connectivity index (χ0) is 21.0. The maximum absolute atomic E-state index is 11.0. The summed E-state index contributed by atoms with van der Waals surface area (Å²) in [6.45, 7) is 6.54. The molecule has 0 fully saturated rings. The molecule has 0 N–H and O–H groups in total. The number of benzene rings is 2. The Kier molecular flexibility index (Phi) is 5.79. The summed E-state index contributed by atoms with van der Waals surface area (Å²) in [6.07, 6.45) is 1.77. The van der Waals surface area contributed by atoms with Crippen molar-refractivity contribution >= 4 is 17.3 Å². The minimum Gasteiger partial charge on any atom is -0.494 e. The lowest BCUT2D eigenvalue weighted by Gasteiger charge is -2.11. The molecule has 0 bridgehead atoms. The van der Waals surface area contributed by atoms with Crippen LogP contribution in [0.2, 0.25) is 0 Å². The van der Waals surface area contributed by atoms with Gasteiger partial charge >= 0.3 is 0 Å². The lowest BCUT2D eigenvalue weighted by molar-refractivity contribution is -0.384. The average Bonchev–Trinajstić information content (AvgIpc) is 3.00. The summed E-state index contributed by atoms with van der Waals surface area (Å²) in [6, 6.07) is 18.1. The maximum Gasteiger partial charge on any atom is 0.270 e. The van der Waals surface area contributed by atoms with Crippen molar-refractivity contribution in [3.05, 3.63) is 87.2 Å². The van der Waals surface area contributed by atoms with Crippen molar-refractivity contribution in [2.45, 2.75) is 20.8 Å². The Balaban J connectivity index is 2.01. The molecule has 0 unspecified atom stereocenters. The number of non-ortho nitro benzene ring substituents is 1. The van der Waals surface area contributed by atoms with Gasteiger partial charge in [0.05, 0.1) is 23.2 Å². The van der Waals surface area contributed by atoms with Gasteiger partial charge in [0.25, 0.3) is 5.69 Å². The molecule has 146 valence electrons. The van der Waals surface area contributed by atoms with E-state index in [2.05, 4.69) is 10.6 Å². The number of nitro benzene ring substituents is 1. The van der Waals surface area contributed by atoms with Gasteiger partial charge in [-0.2, -0.15) is 5.26 Å². The molecule has 1 heterocycles. The van der Waals surface area contributed by atoms with Gasteiger partial charge in [0.15, 0.2) is 0 Å². The molecule has 2 aromatic carbocycles. The standard InChI is InChI=1S/C23H21N3O3/c1-4-29-23-10-8-21(9-11-23)25-16(2)12-19(17(25)3)13-20(15-24)18-6-5-7-22(14-18)26(27)28/h5-14H,4H2,1-3H3. The lowest BCUT2D eigenvalue weighted by Crippen LogP contribution is -1.99. The Morgan fingerprint density at radius 3 is 2.55 bits per heavy atom. The van der Waals surface area contributed by atoms with Crippen LogP contribution in [0.1, 0.15) is 29.4 Å². The van der Waals surface area contributed by atoms with Gasteiger partial charge in [-0.3, -0.25) is 10.1 Å². The van der Waals surface area contributed by atoms with Gasteiger partial charge < -0.3 is 9.30 Å². The van der Waals surface area contributed by atoms with Crippen LogP contribution in [0.15, 0.2) is 54.6 Å². The molecule has 6 nitrogen and oxygen atoms in total. The van der Waals surface area contributed by atoms with Gasteiger partial charge in [-0.25, -0.2) is 0 Å². The number of aryl methyl sites for hydroxylation is 1. The Bertz CT molecular complexity index is 1120. The summed E-state index contributed by atoms with van der Waals surface area (Å²) in [7, 11) is 0. The number of hydrogen-bond donors (Lipinski definition) is 0. The molecule has 0 aliphatic heterocycles. The number of ether oxygens (including phenoxy) is 1. The minimum atomic E-state index is -0.462. The summed E-state index contributed by atoms with van der Waals surface area (Å²) >= 11 is 0. The Morgan fingerprint density at radius 1 is 1.21 bits per heavy atom. The first-order valence-corrected chi connectivity index (χ1v) is 9.23. The third-order valence-corrected chi connectivity index (χ3v) is 4.66. The monoisotopic (exact) mass is 387 g/mol. The molecule has 0 aliphatic carbocycles. The number of nitriles is 1. The fraction of sp³-hybridized carbons (Fsp3) is 0.174. The smallest absolute Gasteiger partial charge is 0.270 e. The van der Waals surface area contributed by atoms with Crippen LogP contribution < -0.4 is 4.74 Å². The number of nitro groups is 1. The number of rotatable bonds is 6. The fourth-order valence-corrected chi connectivity index (χ4v) is 3.31. The van der Waals surface area contributed by atoms with E-state index in [1.54, 1.807) is 18.2 Å². The van der Waals surface area contributed by atoms with Crippen molar-refractivity contribution in [2.24, 2.45) is 0 Å². The van der Waals surface area contributed by atoms with E-state index in [1.807, 2.05) is 51.1 Å². The van der Waals surface area contributed by atoms with Crippen LogP contribution in [0.25, 0.3) is 17.3 Å². The van der Waals surface area contributed by atoms with Crippen LogP contribution in [0.4, 0.5) is 5.69 Å². The Hall–Kier alpha value is -3.85. The van der Waals surface area contributed by atoms with Crippen molar-refractivity contribution in [1.82, 2.24) is 4.57 Å². The number of nitrogens with zero attached hydrogens (tertiary/aromatic N) is 3. The summed E-state index contributed by atoms with van der Waals surface area (Å²) in [5.74, 6) is 0.816. The van der Waals surface area contributed by atoms with E-state index in [0.717, 1.165) is 28.4 Å². The summed E-state index contributed by atoms with van der Waals surface area (Å²) in [5.41, 5.74) is 4.74. The maximum atomic E-state index is 11.0. The quantitative estimate of drug-likeness (QED) is 0.319. The van der Waals surface area contributed by atoms with Crippen molar-refractivity contribution in [2.75, 3.05) is 6.61 Å². The van der Waals surface area contributed by atoms with Crippen LogP contribution >= 0.6 is 0 Å². The molecule has 0 saturated heterocycles. The molecule has 1 aromatic heterocycles. The van der Waals surface area contributed by atoms with E-state index >= 15 is 0 Å². The predicted molar refractivity (Wildman–Crippen MR) is 113 cm³/mol. The zero-order valence-corrected chi connectivity index (χ0v) is 16.5. The van der Waals surface area contributed by atoms with Gasteiger partial charge in [0.2, 0.25) is 0 Å². The number of aromatic nitrogens is 1. The van der Waals surface area contributed by atoms with Gasteiger partial charge in [-0.15, -0.1) is 0 Å². The second-order valence-corrected chi connectivity index (χ2v) is 6.57. The van der Waals surface area contributed by atoms with Crippen LogP contribution in [0.5, 0.6) is 5.75 Å². The highest BCUT2D eigenvalue weighted by molar-refractivity contribution is 5.90. The highest BCUT2D eigenvalue weighted by Crippen LogP contribution is 2.27.